The molecule has 3 heterocycles. The molecule has 0 bridgehead atoms. The van der Waals surface area contributed by atoms with E-state index in [1.165, 1.54) is 16.7 Å². The van der Waals surface area contributed by atoms with E-state index in [-0.39, 0.29) is 27.6 Å². The van der Waals surface area contributed by atoms with Crippen LogP contribution in [0.3, 0.4) is 0 Å². The van der Waals surface area contributed by atoms with Crippen molar-refractivity contribution in [2.24, 2.45) is 12.8 Å². The molecule has 0 fully saturated rings. The predicted octanol–water partition coefficient (Wildman–Crippen LogP) is 5.22. The summed E-state index contributed by atoms with van der Waals surface area (Å²) in [5.41, 5.74) is 7.84. The molecule has 38 heavy (non-hydrogen) atoms. The summed E-state index contributed by atoms with van der Waals surface area (Å²) in [4.78, 5) is 42.2. The quantitative estimate of drug-likeness (QED) is 0.312. The minimum absolute atomic E-state index is 0.1000. The number of ether oxygens (including phenoxy) is 1. The van der Waals surface area contributed by atoms with Crippen molar-refractivity contribution in [3.05, 3.63) is 103 Å². The maximum Gasteiger partial charge on any atom is 0.271 e. The van der Waals surface area contributed by atoms with Crippen molar-refractivity contribution in [1.29, 1.82) is 0 Å². The summed E-state index contributed by atoms with van der Waals surface area (Å²) in [7, 11) is 1.69. The fraction of sp³-hybridized carbons (Fsp3) is 0.172. The minimum Gasteiger partial charge on any atom is -0.483 e. The van der Waals surface area contributed by atoms with Crippen LogP contribution >= 0.6 is 11.6 Å². The van der Waals surface area contributed by atoms with Gasteiger partial charge < -0.3 is 19.5 Å². The summed E-state index contributed by atoms with van der Waals surface area (Å²) in [5, 5.41) is 1.82. The zero-order valence-corrected chi connectivity index (χ0v) is 21.9. The van der Waals surface area contributed by atoms with Crippen LogP contribution in [0.5, 0.6) is 5.75 Å². The van der Waals surface area contributed by atoms with Gasteiger partial charge in [0.05, 0.1) is 5.39 Å². The molecular formula is C29H24ClN3O5. The fourth-order valence-electron chi connectivity index (χ4n) is 4.57. The van der Waals surface area contributed by atoms with Crippen molar-refractivity contribution >= 4 is 39.2 Å². The molecule has 9 heteroatoms. The Balaban J connectivity index is 1.70. The van der Waals surface area contributed by atoms with Crippen LogP contribution in [0.4, 0.5) is 0 Å². The normalized spacial score (nSPS) is 12.1. The van der Waals surface area contributed by atoms with Gasteiger partial charge in [0.25, 0.3) is 11.5 Å². The van der Waals surface area contributed by atoms with E-state index in [1.54, 1.807) is 39.2 Å². The predicted molar refractivity (Wildman–Crippen MR) is 147 cm³/mol. The Kier molecular flexibility index (Phi) is 6.28. The highest BCUT2D eigenvalue weighted by atomic mass is 35.5. The van der Waals surface area contributed by atoms with Crippen LogP contribution < -0.4 is 21.5 Å². The van der Waals surface area contributed by atoms with Crippen molar-refractivity contribution in [3.8, 4) is 17.1 Å². The van der Waals surface area contributed by atoms with Crippen LogP contribution in [-0.4, -0.2) is 15.5 Å². The van der Waals surface area contributed by atoms with Gasteiger partial charge in [-0.15, -0.1) is 0 Å². The van der Waals surface area contributed by atoms with Gasteiger partial charge in [-0.25, -0.2) is 4.98 Å². The lowest BCUT2D eigenvalue weighted by Gasteiger charge is -2.19. The van der Waals surface area contributed by atoms with Gasteiger partial charge in [0.15, 0.2) is 16.9 Å². The van der Waals surface area contributed by atoms with E-state index < -0.39 is 12.0 Å². The van der Waals surface area contributed by atoms with Gasteiger partial charge in [-0.05, 0) is 68.1 Å². The van der Waals surface area contributed by atoms with Crippen molar-refractivity contribution in [2.75, 3.05) is 0 Å². The highest BCUT2D eigenvalue weighted by Gasteiger charge is 2.22. The second-order valence-electron chi connectivity index (χ2n) is 9.26. The zero-order valence-electron chi connectivity index (χ0n) is 21.2. The number of aromatic nitrogens is 2. The Hall–Kier alpha value is -4.43. The minimum atomic E-state index is -0.782. The van der Waals surface area contributed by atoms with Crippen molar-refractivity contribution in [3.63, 3.8) is 0 Å². The summed E-state index contributed by atoms with van der Waals surface area (Å²) in [6.45, 7) is 5.34. The molecule has 0 saturated carbocycles. The van der Waals surface area contributed by atoms with E-state index >= 15 is 0 Å². The summed E-state index contributed by atoms with van der Waals surface area (Å²) in [6, 6.07) is 13.9. The summed E-state index contributed by atoms with van der Waals surface area (Å²) in [5.74, 6) is -0.265. The van der Waals surface area contributed by atoms with E-state index in [0.717, 1.165) is 10.9 Å². The number of aryl methyl sites for hydroxylation is 2. The number of carbonyl (C=O) groups is 1. The molecule has 1 amide bonds. The summed E-state index contributed by atoms with van der Waals surface area (Å²) < 4.78 is 14.0. The van der Waals surface area contributed by atoms with Crippen LogP contribution in [0.25, 0.3) is 33.1 Å². The first-order chi connectivity index (χ1) is 18.0. The Morgan fingerprint density at radius 3 is 2.58 bits per heavy atom. The second kappa shape index (κ2) is 9.46. The number of rotatable bonds is 5. The van der Waals surface area contributed by atoms with Crippen LogP contribution in [0.2, 0.25) is 5.15 Å². The molecular weight excluding hydrogens is 506 g/mol. The smallest absolute Gasteiger partial charge is 0.271 e. The average molecular weight is 530 g/mol. The Morgan fingerprint density at radius 2 is 1.84 bits per heavy atom. The van der Waals surface area contributed by atoms with Gasteiger partial charge >= 0.3 is 0 Å². The van der Waals surface area contributed by atoms with E-state index in [1.807, 2.05) is 31.2 Å². The first-order valence-electron chi connectivity index (χ1n) is 11.9. The molecule has 0 unspecified atom stereocenters. The maximum absolute atomic E-state index is 13.5. The molecule has 0 aliphatic heterocycles. The number of carbonyl (C=O) groups excluding carboxylic acids is 1. The third kappa shape index (κ3) is 4.33. The zero-order chi connectivity index (χ0) is 27.3. The largest absolute Gasteiger partial charge is 0.483 e. The van der Waals surface area contributed by atoms with Crippen LogP contribution in [0, 0.1) is 13.8 Å². The maximum atomic E-state index is 13.5. The number of pyridine rings is 2. The lowest BCUT2D eigenvalue weighted by atomic mass is 9.99. The number of benzene rings is 2. The SMILES string of the molecule is Cc1cc([C@@H](C)Oc2ccc(Cl)nc2C(N)=O)c2oc(-c3ccc4ccn(C)c(=O)c4c3)c(C)c(=O)c2c1. The van der Waals surface area contributed by atoms with Crippen molar-refractivity contribution in [1.82, 2.24) is 9.55 Å². The third-order valence-electron chi connectivity index (χ3n) is 6.54. The topological polar surface area (TPSA) is 117 Å². The standard InChI is InChI=1S/C29H24ClN3O5/c1-14-11-19(16(3)37-22-7-8-23(30)32-24(22)28(31)35)27-21(12-14)25(34)15(2)26(38-27)18-6-5-17-9-10-33(4)29(36)20(17)13-18/h5-13,16H,1-4H3,(H2,31,35)/t16-/m1/s1. The fourth-order valence-corrected chi connectivity index (χ4v) is 4.72. The summed E-state index contributed by atoms with van der Waals surface area (Å²) in [6.07, 6.45) is 1.06. The molecule has 2 N–H and O–H groups in total. The average Bonchev–Trinajstić information content (AvgIpc) is 2.89. The monoisotopic (exact) mass is 529 g/mol. The molecule has 192 valence electrons. The molecule has 5 aromatic rings. The van der Waals surface area contributed by atoms with Gasteiger partial charge in [-0.2, -0.15) is 0 Å². The lowest BCUT2D eigenvalue weighted by Crippen LogP contribution is -2.17. The second-order valence-corrected chi connectivity index (χ2v) is 9.64. The molecule has 2 aromatic carbocycles. The van der Waals surface area contributed by atoms with Crippen molar-refractivity contribution < 1.29 is 13.9 Å². The number of hydrogen-bond acceptors (Lipinski definition) is 6. The van der Waals surface area contributed by atoms with Crippen molar-refractivity contribution in [2.45, 2.75) is 26.9 Å². The molecule has 1 atom stereocenters. The van der Waals surface area contributed by atoms with E-state index in [0.29, 0.717) is 38.8 Å². The van der Waals surface area contributed by atoms with Gasteiger partial charge in [-0.1, -0.05) is 23.7 Å². The molecule has 0 saturated heterocycles. The number of hydrogen-bond donors (Lipinski definition) is 1. The lowest BCUT2D eigenvalue weighted by molar-refractivity contribution is 0.0988. The molecule has 0 aliphatic carbocycles. The van der Waals surface area contributed by atoms with Gasteiger partial charge in [0.1, 0.15) is 22.6 Å². The highest BCUT2D eigenvalue weighted by molar-refractivity contribution is 6.29. The number of primary amides is 1. The van der Waals surface area contributed by atoms with Crippen LogP contribution in [0.15, 0.2) is 68.7 Å². The highest BCUT2D eigenvalue weighted by Crippen LogP contribution is 2.34. The van der Waals surface area contributed by atoms with Crippen LogP contribution in [-0.2, 0) is 7.05 Å². The van der Waals surface area contributed by atoms with Gasteiger partial charge in [0.2, 0.25) is 0 Å². The first kappa shape index (κ1) is 25.2. The van der Waals surface area contributed by atoms with Gasteiger partial charge in [0, 0.05) is 35.3 Å². The molecule has 3 aromatic heterocycles. The number of halogens is 1. The number of fused-ring (bicyclic) bond motifs is 2. The number of amides is 1. The third-order valence-corrected chi connectivity index (χ3v) is 6.75. The Labute approximate surface area is 222 Å². The van der Waals surface area contributed by atoms with E-state index in [2.05, 4.69) is 4.98 Å². The summed E-state index contributed by atoms with van der Waals surface area (Å²) >= 11 is 5.93. The Morgan fingerprint density at radius 1 is 1.08 bits per heavy atom. The van der Waals surface area contributed by atoms with E-state index in [9.17, 15) is 14.4 Å². The molecule has 5 rings (SSSR count). The van der Waals surface area contributed by atoms with E-state index in [4.69, 9.17) is 26.5 Å². The number of nitrogens with two attached hydrogens (primary N) is 1. The molecule has 8 nitrogen and oxygen atoms in total. The van der Waals surface area contributed by atoms with Crippen LogP contribution in [0.1, 0.15) is 40.2 Å². The Bertz CT molecular complexity index is 1890. The molecule has 0 radical (unpaired) electrons. The first-order valence-corrected chi connectivity index (χ1v) is 12.2. The number of nitrogens with zero attached hydrogens (tertiary/aromatic N) is 2. The molecule has 0 aliphatic rings. The van der Waals surface area contributed by atoms with Gasteiger partial charge in [-0.3, -0.25) is 14.4 Å². The molecule has 0 spiro atoms.